The Kier molecular flexibility index (Phi) is 5.48. The third-order valence-electron chi connectivity index (χ3n) is 4.88. The number of aliphatic hydroxyl groups excluding tert-OH is 1. The van der Waals surface area contributed by atoms with Gasteiger partial charge in [-0.1, -0.05) is 30.3 Å². The maximum atomic E-state index is 13.0. The lowest BCUT2D eigenvalue weighted by molar-refractivity contribution is 0.259. The van der Waals surface area contributed by atoms with Gasteiger partial charge in [0.25, 0.3) is 0 Å². The molecule has 0 radical (unpaired) electrons. The molecule has 0 fully saturated rings. The minimum atomic E-state index is -3.75. The van der Waals surface area contributed by atoms with Crippen molar-refractivity contribution < 1.29 is 13.5 Å². The normalized spacial score (nSPS) is 13.1. The molecular formula is C19H25NO3S. The SMILES string of the molecule is Cc1c(C)c(C)c(S(=O)(=O)N[C@@H](CO)c2ccccc2)c(C)c1C. The Morgan fingerprint density at radius 1 is 0.875 bits per heavy atom. The second-order valence-electron chi connectivity index (χ2n) is 6.22. The van der Waals surface area contributed by atoms with Gasteiger partial charge in [0, 0.05) is 0 Å². The van der Waals surface area contributed by atoms with E-state index in [4.69, 9.17) is 0 Å². The van der Waals surface area contributed by atoms with Gasteiger partial charge in [-0.2, -0.15) is 0 Å². The highest BCUT2D eigenvalue weighted by molar-refractivity contribution is 7.89. The highest BCUT2D eigenvalue weighted by atomic mass is 32.2. The van der Waals surface area contributed by atoms with Crippen LogP contribution in [0.3, 0.4) is 0 Å². The standard InChI is InChI=1S/C19H25NO3S/c1-12-13(2)15(4)19(16(5)14(12)3)24(22,23)20-18(11-21)17-9-7-6-8-10-17/h6-10,18,20-21H,11H2,1-5H3/t18-/m0/s1. The summed E-state index contributed by atoms with van der Waals surface area (Å²) in [6.45, 7) is 9.26. The van der Waals surface area contributed by atoms with Gasteiger partial charge in [0.1, 0.15) is 0 Å². The van der Waals surface area contributed by atoms with Crippen molar-refractivity contribution in [3.8, 4) is 0 Å². The summed E-state index contributed by atoms with van der Waals surface area (Å²) in [5.74, 6) is 0. The van der Waals surface area contributed by atoms with Gasteiger partial charge in [-0.3, -0.25) is 0 Å². The van der Waals surface area contributed by atoms with Crippen molar-refractivity contribution in [2.45, 2.75) is 45.6 Å². The molecule has 0 saturated heterocycles. The van der Waals surface area contributed by atoms with E-state index >= 15 is 0 Å². The number of nitrogens with one attached hydrogen (secondary N) is 1. The molecule has 130 valence electrons. The average molecular weight is 347 g/mol. The monoisotopic (exact) mass is 347 g/mol. The van der Waals surface area contributed by atoms with Crippen molar-refractivity contribution in [2.75, 3.05) is 6.61 Å². The first kappa shape index (κ1) is 18.6. The Balaban J connectivity index is 2.52. The fraction of sp³-hybridized carbons (Fsp3) is 0.368. The predicted octanol–water partition coefficient (Wildman–Crippen LogP) is 3.24. The van der Waals surface area contributed by atoms with Crippen LogP contribution < -0.4 is 4.72 Å². The van der Waals surface area contributed by atoms with E-state index < -0.39 is 16.1 Å². The number of rotatable bonds is 5. The van der Waals surface area contributed by atoms with Crippen LogP contribution in [0, 0.1) is 34.6 Å². The van der Waals surface area contributed by atoms with Crippen molar-refractivity contribution in [3.63, 3.8) is 0 Å². The lowest BCUT2D eigenvalue weighted by atomic mass is 9.95. The van der Waals surface area contributed by atoms with Crippen LogP contribution in [0.15, 0.2) is 35.2 Å². The molecule has 0 aliphatic carbocycles. The molecule has 1 atom stereocenters. The van der Waals surface area contributed by atoms with Crippen molar-refractivity contribution in [3.05, 3.63) is 63.7 Å². The third-order valence-corrected chi connectivity index (χ3v) is 6.63. The number of benzene rings is 2. The molecule has 0 aliphatic heterocycles. The van der Waals surface area contributed by atoms with Crippen molar-refractivity contribution in [1.29, 1.82) is 0 Å². The molecule has 2 aromatic carbocycles. The van der Waals surface area contributed by atoms with Crippen LogP contribution in [-0.4, -0.2) is 20.1 Å². The fourth-order valence-electron chi connectivity index (χ4n) is 3.01. The quantitative estimate of drug-likeness (QED) is 0.872. The topological polar surface area (TPSA) is 66.4 Å². The highest BCUT2D eigenvalue weighted by Crippen LogP contribution is 2.30. The van der Waals surface area contributed by atoms with Crippen LogP contribution >= 0.6 is 0 Å². The third kappa shape index (κ3) is 3.38. The molecule has 2 aromatic rings. The molecule has 0 unspecified atom stereocenters. The van der Waals surface area contributed by atoms with Gasteiger partial charge >= 0.3 is 0 Å². The Bertz CT molecular complexity index is 814. The van der Waals surface area contributed by atoms with Crippen LogP contribution in [0.2, 0.25) is 0 Å². The van der Waals surface area contributed by atoms with E-state index in [0.29, 0.717) is 4.90 Å². The van der Waals surface area contributed by atoms with Gasteiger partial charge in [-0.05, 0) is 68.0 Å². The Morgan fingerprint density at radius 3 is 1.79 bits per heavy atom. The van der Waals surface area contributed by atoms with E-state index in [1.165, 1.54) is 0 Å². The summed E-state index contributed by atoms with van der Waals surface area (Å²) in [6.07, 6.45) is 0. The van der Waals surface area contributed by atoms with Gasteiger partial charge < -0.3 is 5.11 Å². The molecular weight excluding hydrogens is 322 g/mol. The predicted molar refractivity (Wildman–Crippen MR) is 96.7 cm³/mol. The molecule has 0 aliphatic rings. The zero-order chi connectivity index (χ0) is 18.1. The minimum Gasteiger partial charge on any atom is -0.394 e. The second-order valence-corrected chi connectivity index (χ2v) is 7.87. The average Bonchev–Trinajstić information content (AvgIpc) is 2.57. The van der Waals surface area contributed by atoms with Gasteiger partial charge in [-0.15, -0.1) is 0 Å². The summed E-state index contributed by atoms with van der Waals surface area (Å²) >= 11 is 0. The molecule has 0 spiro atoms. The van der Waals surface area contributed by atoms with Crippen LogP contribution in [0.1, 0.15) is 39.4 Å². The summed E-state index contributed by atoms with van der Waals surface area (Å²) < 4.78 is 28.7. The summed E-state index contributed by atoms with van der Waals surface area (Å²) in [6, 6.07) is 8.43. The molecule has 2 rings (SSSR count). The van der Waals surface area contributed by atoms with E-state index in [1.807, 2.05) is 52.8 Å². The van der Waals surface area contributed by atoms with E-state index in [-0.39, 0.29) is 6.61 Å². The van der Waals surface area contributed by atoms with E-state index in [2.05, 4.69) is 4.72 Å². The molecule has 24 heavy (non-hydrogen) atoms. The zero-order valence-corrected chi connectivity index (χ0v) is 15.7. The molecule has 0 heterocycles. The second kappa shape index (κ2) is 7.05. The summed E-state index contributed by atoms with van der Waals surface area (Å²) in [5.41, 5.74) is 5.34. The first-order chi connectivity index (χ1) is 11.2. The van der Waals surface area contributed by atoms with Crippen LogP contribution in [-0.2, 0) is 10.0 Å². The molecule has 4 nitrogen and oxygen atoms in total. The largest absolute Gasteiger partial charge is 0.394 e. The van der Waals surface area contributed by atoms with E-state index in [0.717, 1.165) is 33.4 Å². The maximum absolute atomic E-state index is 13.0. The Hall–Kier alpha value is -1.69. The molecule has 5 heteroatoms. The molecule has 0 amide bonds. The molecule has 0 saturated carbocycles. The summed E-state index contributed by atoms with van der Waals surface area (Å²) in [7, 11) is -3.75. The van der Waals surface area contributed by atoms with Crippen molar-refractivity contribution in [1.82, 2.24) is 4.72 Å². The summed E-state index contributed by atoms with van der Waals surface area (Å²) in [4.78, 5) is 0.317. The molecule has 0 bridgehead atoms. The maximum Gasteiger partial charge on any atom is 0.241 e. The molecule has 2 N–H and O–H groups in total. The Labute approximate surface area is 144 Å². The Morgan fingerprint density at radius 2 is 1.33 bits per heavy atom. The van der Waals surface area contributed by atoms with E-state index in [1.54, 1.807) is 12.1 Å². The first-order valence-electron chi connectivity index (χ1n) is 7.95. The van der Waals surface area contributed by atoms with Gasteiger partial charge in [0.05, 0.1) is 17.5 Å². The van der Waals surface area contributed by atoms with Gasteiger partial charge in [0.2, 0.25) is 10.0 Å². The van der Waals surface area contributed by atoms with Crippen molar-refractivity contribution in [2.24, 2.45) is 0 Å². The zero-order valence-electron chi connectivity index (χ0n) is 14.8. The lowest BCUT2D eigenvalue weighted by Gasteiger charge is -2.22. The first-order valence-corrected chi connectivity index (χ1v) is 9.44. The number of aliphatic hydroxyl groups is 1. The number of hydrogen-bond acceptors (Lipinski definition) is 3. The van der Waals surface area contributed by atoms with Crippen LogP contribution in [0.25, 0.3) is 0 Å². The highest BCUT2D eigenvalue weighted by Gasteiger charge is 2.26. The molecule has 0 aromatic heterocycles. The summed E-state index contributed by atoms with van der Waals surface area (Å²) in [5, 5.41) is 9.65. The fourth-order valence-corrected chi connectivity index (χ4v) is 4.83. The number of hydrogen-bond donors (Lipinski definition) is 2. The van der Waals surface area contributed by atoms with Gasteiger partial charge in [0.15, 0.2) is 0 Å². The minimum absolute atomic E-state index is 0.300. The lowest BCUT2D eigenvalue weighted by Crippen LogP contribution is -2.32. The van der Waals surface area contributed by atoms with Crippen molar-refractivity contribution >= 4 is 10.0 Å². The smallest absolute Gasteiger partial charge is 0.241 e. The van der Waals surface area contributed by atoms with E-state index in [9.17, 15) is 13.5 Å². The number of sulfonamides is 1. The van der Waals surface area contributed by atoms with Crippen LogP contribution in [0.5, 0.6) is 0 Å². The van der Waals surface area contributed by atoms with Gasteiger partial charge in [-0.25, -0.2) is 13.1 Å². The van der Waals surface area contributed by atoms with Crippen LogP contribution in [0.4, 0.5) is 0 Å².